The smallest absolute Gasteiger partial charge is 0.253 e. The summed E-state index contributed by atoms with van der Waals surface area (Å²) in [6.07, 6.45) is 0.871. The van der Waals surface area contributed by atoms with Crippen LogP contribution in [-0.4, -0.2) is 55.8 Å². The maximum absolute atomic E-state index is 12.5. The Morgan fingerprint density at radius 2 is 2.09 bits per heavy atom. The second kappa shape index (κ2) is 7.90. The van der Waals surface area contributed by atoms with E-state index >= 15 is 0 Å². The Kier molecular flexibility index (Phi) is 6.15. The maximum Gasteiger partial charge on any atom is 0.253 e. The van der Waals surface area contributed by atoms with Gasteiger partial charge in [-0.15, -0.1) is 0 Å². The molecular formula is C16H24N2O4S. The molecule has 1 aliphatic rings. The number of nitrogens with zero attached hydrogens (tertiary/aromatic N) is 1. The van der Waals surface area contributed by atoms with E-state index in [2.05, 4.69) is 4.72 Å². The first kappa shape index (κ1) is 17.9. The van der Waals surface area contributed by atoms with Crippen LogP contribution in [0.4, 0.5) is 0 Å². The van der Waals surface area contributed by atoms with Crippen LogP contribution in [-0.2, 0) is 10.0 Å². The molecule has 2 N–H and O–H groups in total. The van der Waals surface area contributed by atoms with Gasteiger partial charge in [-0.25, -0.2) is 13.1 Å². The number of likely N-dealkylation sites (tertiary alicyclic amines) is 1. The van der Waals surface area contributed by atoms with Crippen LogP contribution >= 0.6 is 0 Å². The second-order valence-corrected chi connectivity index (χ2v) is 7.96. The average molecular weight is 340 g/mol. The summed E-state index contributed by atoms with van der Waals surface area (Å²) in [5.74, 6) is -0.147. The number of amides is 1. The summed E-state index contributed by atoms with van der Waals surface area (Å²) < 4.78 is 26.4. The van der Waals surface area contributed by atoms with E-state index in [0.29, 0.717) is 18.7 Å². The Morgan fingerprint density at radius 1 is 1.39 bits per heavy atom. The van der Waals surface area contributed by atoms with Crippen LogP contribution in [0, 0.1) is 5.92 Å². The monoisotopic (exact) mass is 340 g/mol. The van der Waals surface area contributed by atoms with Crippen LogP contribution in [0.25, 0.3) is 0 Å². The molecule has 0 bridgehead atoms. The number of nitrogens with one attached hydrogen (secondary N) is 1. The fourth-order valence-corrected chi connectivity index (χ4v) is 4.27. The Bertz CT molecular complexity index is 616. The van der Waals surface area contributed by atoms with Crippen molar-refractivity contribution in [3.63, 3.8) is 0 Å². The lowest BCUT2D eigenvalue weighted by molar-refractivity contribution is 0.0684. The zero-order valence-electron chi connectivity index (χ0n) is 13.3. The highest BCUT2D eigenvalue weighted by molar-refractivity contribution is 7.89. The lowest BCUT2D eigenvalue weighted by atomic mass is 9.99. The van der Waals surface area contributed by atoms with Crippen LogP contribution < -0.4 is 4.72 Å². The number of aliphatic hydroxyl groups is 1. The van der Waals surface area contributed by atoms with Gasteiger partial charge in [-0.3, -0.25) is 4.79 Å². The first-order valence-corrected chi connectivity index (χ1v) is 9.52. The lowest BCUT2D eigenvalue weighted by Gasteiger charge is -2.32. The third-order valence-corrected chi connectivity index (χ3v) is 5.40. The Hall–Kier alpha value is -1.44. The maximum atomic E-state index is 12.5. The third kappa shape index (κ3) is 5.60. The first-order valence-electron chi connectivity index (χ1n) is 7.87. The zero-order valence-corrected chi connectivity index (χ0v) is 14.1. The predicted octanol–water partition coefficient (Wildman–Crippen LogP) is 0.839. The molecule has 1 heterocycles. The fraction of sp³-hybridized carbons (Fsp3) is 0.562. The SMILES string of the molecule is C[C@H](O)CNS(=O)(=O)C[C@H]1CCCN(C(=O)c2ccccc2)C1. The van der Waals surface area contributed by atoms with Crippen LogP contribution in [0.5, 0.6) is 0 Å². The molecule has 2 rings (SSSR count). The number of carbonyl (C=O) groups excluding carboxylic acids is 1. The van der Waals surface area contributed by atoms with E-state index in [9.17, 15) is 18.3 Å². The minimum Gasteiger partial charge on any atom is -0.392 e. The molecule has 1 aromatic rings. The molecule has 1 amide bonds. The van der Waals surface area contributed by atoms with E-state index in [1.54, 1.807) is 17.0 Å². The summed E-state index contributed by atoms with van der Waals surface area (Å²) in [5.41, 5.74) is 0.628. The van der Waals surface area contributed by atoms with Crippen molar-refractivity contribution in [1.82, 2.24) is 9.62 Å². The highest BCUT2D eigenvalue weighted by Gasteiger charge is 2.28. The normalized spacial score (nSPS) is 20.3. The summed E-state index contributed by atoms with van der Waals surface area (Å²) in [4.78, 5) is 14.2. The molecule has 0 saturated carbocycles. The van der Waals surface area contributed by atoms with Gasteiger partial charge in [0.25, 0.3) is 5.91 Å². The van der Waals surface area contributed by atoms with E-state index in [1.807, 2.05) is 18.2 Å². The van der Waals surface area contributed by atoms with Crippen LogP contribution in [0.1, 0.15) is 30.1 Å². The van der Waals surface area contributed by atoms with Gasteiger partial charge in [0.2, 0.25) is 10.0 Å². The first-order chi connectivity index (χ1) is 10.9. The van der Waals surface area contributed by atoms with Gasteiger partial charge in [0.15, 0.2) is 0 Å². The van der Waals surface area contributed by atoms with E-state index in [0.717, 1.165) is 12.8 Å². The molecule has 0 aromatic heterocycles. The number of benzene rings is 1. The van der Waals surface area contributed by atoms with E-state index < -0.39 is 16.1 Å². The predicted molar refractivity (Wildman–Crippen MR) is 88.5 cm³/mol. The van der Waals surface area contributed by atoms with Crippen molar-refractivity contribution in [2.75, 3.05) is 25.4 Å². The average Bonchev–Trinajstić information content (AvgIpc) is 2.53. The van der Waals surface area contributed by atoms with Crippen LogP contribution in [0.15, 0.2) is 30.3 Å². The molecule has 0 spiro atoms. The molecular weight excluding hydrogens is 316 g/mol. The van der Waals surface area contributed by atoms with Gasteiger partial charge in [-0.2, -0.15) is 0 Å². The number of rotatable bonds is 6. The molecule has 7 heteroatoms. The summed E-state index contributed by atoms with van der Waals surface area (Å²) in [6.45, 7) is 2.65. The highest BCUT2D eigenvalue weighted by atomic mass is 32.2. The van der Waals surface area contributed by atoms with E-state index in [4.69, 9.17) is 0 Å². The van der Waals surface area contributed by atoms with Crippen LogP contribution in [0.2, 0.25) is 0 Å². The third-order valence-electron chi connectivity index (χ3n) is 3.88. The standard InChI is InChI=1S/C16H24N2O4S/c1-13(19)10-17-23(21,22)12-14-6-5-9-18(11-14)16(20)15-7-3-2-4-8-15/h2-4,7-8,13-14,17,19H,5-6,9-12H2,1H3/t13-,14-/m0/s1. The Morgan fingerprint density at radius 3 is 2.74 bits per heavy atom. The number of sulfonamides is 1. The molecule has 1 fully saturated rings. The lowest BCUT2D eigenvalue weighted by Crippen LogP contribution is -2.43. The van der Waals surface area contributed by atoms with Crippen molar-refractivity contribution in [3.05, 3.63) is 35.9 Å². The van der Waals surface area contributed by atoms with Gasteiger partial charge in [0, 0.05) is 25.2 Å². The minimum absolute atomic E-state index is 0.0156. The van der Waals surface area contributed by atoms with Gasteiger partial charge >= 0.3 is 0 Å². The summed E-state index contributed by atoms with van der Waals surface area (Å²) in [5, 5.41) is 9.18. The minimum atomic E-state index is -3.44. The van der Waals surface area contributed by atoms with Gasteiger partial charge in [-0.1, -0.05) is 18.2 Å². The molecule has 0 aliphatic carbocycles. The number of carbonyl (C=O) groups is 1. The van der Waals surface area contributed by atoms with Gasteiger partial charge in [-0.05, 0) is 37.8 Å². The number of piperidine rings is 1. The van der Waals surface area contributed by atoms with Gasteiger partial charge < -0.3 is 10.0 Å². The molecule has 23 heavy (non-hydrogen) atoms. The molecule has 0 radical (unpaired) electrons. The number of hydrogen-bond donors (Lipinski definition) is 2. The van der Waals surface area contributed by atoms with Crippen molar-refractivity contribution in [1.29, 1.82) is 0 Å². The summed E-state index contributed by atoms with van der Waals surface area (Å²) in [6, 6.07) is 9.04. The topological polar surface area (TPSA) is 86.7 Å². The molecule has 1 aromatic carbocycles. The van der Waals surface area contributed by atoms with Crippen molar-refractivity contribution >= 4 is 15.9 Å². The summed E-state index contributed by atoms with van der Waals surface area (Å²) in [7, 11) is -3.44. The molecule has 2 atom stereocenters. The molecule has 1 saturated heterocycles. The highest BCUT2D eigenvalue weighted by Crippen LogP contribution is 2.20. The molecule has 128 valence electrons. The number of hydrogen-bond acceptors (Lipinski definition) is 4. The molecule has 0 unspecified atom stereocenters. The molecule has 1 aliphatic heterocycles. The van der Waals surface area contributed by atoms with Crippen molar-refractivity contribution in [3.8, 4) is 0 Å². The fourth-order valence-electron chi connectivity index (χ4n) is 2.77. The number of aliphatic hydroxyl groups excluding tert-OH is 1. The van der Waals surface area contributed by atoms with E-state index in [-0.39, 0.29) is 24.1 Å². The van der Waals surface area contributed by atoms with Crippen molar-refractivity contribution < 1.29 is 18.3 Å². The van der Waals surface area contributed by atoms with E-state index in [1.165, 1.54) is 6.92 Å². The van der Waals surface area contributed by atoms with Crippen molar-refractivity contribution in [2.24, 2.45) is 5.92 Å². The summed E-state index contributed by atoms with van der Waals surface area (Å²) >= 11 is 0. The largest absolute Gasteiger partial charge is 0.392 e. The quantitative estimate of drug-likeness (QED) is 0.803. The second-order valence-electron chi connectivity index (χ2n) is 6.10. The van der Waals surface area contributed by atoms with Gasteiger partial charge in [0.05, 0.1) is 11.9 Å². The van der Waals surface area contributed by atoms with Crippen molar-refractivity contribution in [2.45, 2.75) is 25.9 Å². The zero-order chi connectivity index (χ0) is 16.9. The Labute approximate surface area is 137 Å². The molecule has 6 nitrogen and oxygen atoms in total. The van der Waals surface area contributed by atoms with Crippen LogP contribution in [0.3, 0.4) is 0 Å². The Balaban J connectivity index is 1.94. The van der Waals surface area contributed by atoms with Gasteiger partial charge in [0.1, 0.15) is 0 Å².